The van der Waals surface area contributed by atoms with Gasteiger partial charge in [-0.2, -0.15) is 0 Å². The Bertz CT molecular complexity index is 980. The monoisotopic (exact) mass is 436 g/mol. The second-order valence-corrected chi connectivity index (χ2v) is 11.5. The summed E-state index contributed by atoms with van der Waals surface area (Å²) in [6, 6.07) is 3.95. The van der Waals surface area contributed by atoms with Gasteiger partial charge in [0.25, 0.3) is 0 Å². The fourth-order valence-corrected chi connectivity index (χ4v) is 8.53. The zero-order valence-corrected chi connectivity index (χ0v) is 19.7. The predicted octanol–water partition coefficient (Wildman–Crippen LogP) is 6.42. The lowest BCUT2D eigenvalue weighted by molar-refractivity contribution is -0.137. The molecular formula is C28H36O4. The molecule has 0 N–H and O–H groups in total. The molecule has 0 aromatic heterocycles. The van der Waals surface area contributed by atoms with Gasteiger partial charge in [0.15, 0.2) is 17.3 Å². The van der Waals surface area contributed by atoms with E-state index in [2.05, 4.69) is 19.9 Å². The van der Waals surface area contributed by atoms with E-state index in [0.717, 1.165) is 35.8 Å². The highest BCUT2D eigenvalue weighted by Gasteiger charge is 2.60. The highest BCUT2D eigenvalue weighted by Crippen LogP contribution is 2.66. The molecule has 0 bridgehead atoms. The Labute approximate surface area is 191 Å². The van der Waals surface area contributed by atoms with Gasteiger partial charge in [-0.05, 0) is 103 Å². The Hall–Kier alpha value is -1.97. The first-order valence-corrected chi connectivity index (χ1v) is 12.7. The summed E-state index contributed by atoms with van der Waals surface area (Å²) in [6.45, 7) is 5.09. The van der Waals surface area contributed by atoms with E-state index >= 15 is 0 Å². The summed E-state index contributed by atoms with van der Waals surface area (Å²) in [5.41, 5.74) is 2.28. The van der Waals surface area contributed by atoms with Crippen LogP contribution in [0.3, 0.4) is 0 Å². The third kappa shape index (κ3) is 2.83. The van der Waals surface area contributed by atoms with Crippen molar-refractivity contribution < 1.29 is 19.0 Å². The van der Waals surface area contributed by atoms with Crippen molar-refractivity contribution in [1.82, 2.24) is 0 Å². The molecule has 0 amide bonds. The molecule has 4 heteroatoms. The van der Waals surface area contributed by atoms with Crippen molar-refractivity contribution in [3.8, 4) is 17.2 Å². The summed E-state index contributed by atoms with van der Waals surface area (Å²) in [5.74, 6) is 5.33. The second-order valence-electron chi connectivity index (χ2n) is 11.5. The maximum atomic E-state index is 13.7. The maximum Gasteiger partial charge on any atom is 0.231 e. The zero-order chi connectivity index (χ0) is 22.1. The minimum absolute atomic E-state index is 0.189. The average molecular weight is 437 g/mol. The topological polar surface area (TPSA) is 44.8 Å². The number of ketones is 1. The zero-order valence-electron chi connectivity index (χ0n) is 19.7. The van der Waals surface area contributed by atoms with Crippen LogP contribution in [0.15, 0.2) is 17.7 Å². The number of fused-ring (bicyclic) bond motifs is 6. The Morgan fingerprint density at radius 1 is 1.03 bits per heavy atom. The quantitative estimate of drug-likeness (QED) is 0.502. The average Bonchev–Trinajstić information content (AvgIpc) is 3.36. The number of carbonyl (C=O) groups excluding carboxylic acids is 1. The van der Waals surface area contributed by atoms with E-state index in [0.29, 0.717) is 40.3 Å². The van der Waals surface area contributed by atoms with E-state index < -0.39 is 0 Å². The molecule has 0 unspecified atom stereocenters. The number of Topliss-reactive ketones (excluding diaryl/α,β-unsaturated/α-hetero) is 1. The highest BCUT2D eigenvalue weighted by atomic mass is 16.7. The van der Waals surface area contributed by atoms with E-state index in [9.17, 15) is 4.79 Å². The SMILES string of the molecule is COc1cc(/C=C2\C[C@@H]3[C@@H]4CC[C@H]5CCCC[C@]5(C)[C@H]4CC[C@]3(C)C2=O)cc2c1OCO2. The number of rotatable bonds is 2. The molecule has 172 valence electrons. The molecule has 1 heterocycles. The fourth-order valence-electron chi connectivity index (χ4n) is 8.53. The number of carbonyl (C=O) groups is 1. The normalized spacial score (nSPS) is 41.2. The van der Waals surface area contributed by atoms with Crippen molar-refractivity contribution >= 4 is 11.9 Å². The third-order valence-electron chi connectivity index (χ3n) is 10.2. The summed E-state index contributed by atoms with van der Waals surface area (Å²) in [5, 5.41) is 0. The number of allylic oxidation sites excluding steroid dienone is 1. The highest BCUT2D eigenvalue weighted by molar-refractivity contribution is 6.06. The van der Waals surface area contributed by atoms with Crippen molar-refractivity contribution in [3.05, 3.63) is 23.3 Å². The fraction of sp³-hybridized carbons (Fsp3) is 0.679. The summed E-state index contributed by atoms with van der Waals surface area (Å²) < 4.78 is 16.7. The van der Waals surface area contributed by atoms with Crippen LogP contribution in [0, 0.1) is 34.5 Å². The van der Waals surface area contributed by atoms with Gasteiger partial charge >= 0.3 is 0 Å². The van der Waals surface area contributed by atoms with Crippen molar-refractivity contribution in [3.63, 3.8) is 0 Å². The van der Waals surface area contributed by atoms with E-state index in [4.69, 9.17) is 14.2 Å². The van der Waals surface area contributed by atoms with Gasteiger partial charge in [0.05, 0.1) is 7.11 Å². The van der Waals surface area contributed by atoms with Crippen LogP contribution in [-0.4, -0.2) is 19.7 Å². The molecule has 1 aromatic rings. The predicted molar refractivity (Wildman–Crippen MR) is 124 cm³/mol. The Morgan fingerprint density at radius 3 is 2.75 bits per heavy atom. The molecule has 1 aromatic carbocycles. The second kappa shape index (κ2) is 7.27. The Kier molecular flexibility index (Phi) is 4.68. The van der Waals surface area contributed by atoms with Crippen molar-refractivity contribution in [2.75, 3.05) is 13.9 Å². The molecule has 6 rings (SSSR count). The number of hydrogen-bond donors (Lipinski definition) is 0. The third-order valence-corrected chi connectivity index (χ3v) is 10.2. The van der Waals surface area contributed by atoms with Crippen LogP contribution < -0.4 is 14.2 Å². The van der Waals surface area contributed by atoms with Gasteiger partial charge in [-0.3, -0.25) is 4.79 Å². The van der Waals surface area contributed by atoms with Gasteiger partial charge in [0.2, 0.25) is 12.5 Å². The molecule has 0 radical (unpaired) electrons. The minimum Gasteiger partial charge on any atom is -0.493 e. The first-order valence-electron chi connectivity index (χ1n) is 12.7. The van der Waals surface area contributed by atoms with Crippen LogP contribution in [0.1, 0.15) is 77.2 Å². The van der Waals surface area contributed by atoms with Crippen molar-refractivity contribution in [2.24, 2.45) is 34.5 Å². The largest absolute Gasteiger partial charge is 0.493 e. The molecule has 4 fully saturated rings. The molecule has 0 spiro atoms. The van der Waals surface area contributed by atoms with Crippen LogP contribution >= 0.6 is 0 Å². The van der Waals surface area contributed by atoms with Gasteiger partial charge in [-0.1, -0.05) is 26.7 Å². The maximum absolute atomic E-state index is 13.7. The van der Waals surface area contributed by atoms with Gasteiger partial charge in [-0.15, -0.1) is 0 Å². The molecule has 5 aliphatic rings. The Morgan fingerprint density at radius 2 is 1.91 bits per heavy atom. The van der Waals surface area contributed by atoms with Gasteiger partial charge < -0.3 is 14.2 Å². The van der Waals surface area contributed by atoms with Gasteiger partial charge in [0, 0.05) is 5.41 Å². The number of benzene rings is 1. The first-order chi connectivity index (χ1) is 15.4. The molecule has 4 saturated carbocycles. The lowest BCUT2D eigenvalue weighted by Crippen LogP contribution is -2.52. The van der Waals surface area contributed by atoms with Crippen molar-refractivity contribution in [2.45, 2.75) is 71.6 Å². The number of methoxy groups -OCH3 is 1. The Balaban J connectivity index is 1.32. The number of ether oxygens (including phenoxy) is 3. The minimum atomic E-state index is -0.189. The lowest BCUT2D eigenvalue weighted by Gasteiger charge is -2.59. The molecule has 0 saturated heterocycles. The molecule has 32 heavy (non-hydrogen) atoms. The molecule has 4 nitrogen and oxygen atoms in total. The van der Waals surface area contributed by atoms with Crippen LogP contribution in [-0.2, 0) is 4.79 Å². The van der Waals surface area contributed by atoms with E-state index in [1.165, 1.54) is 44.9 Å². The standard InChI is InChI=1S/C28H36O4/c1-27-10-5-4-6-19(27)7-8-20-21(27)9-11-28(2)22(20)15-18(26(28)29)12-17-13-23(30-3)25-24(14-17)31-16-32-25/h12-14,19-22H,4-11,15-16H2,1-3H3/b18-12+/t19-,20-,21+,22-,27+,28+/m1/s1. The van der Waals surface area contributed by atoms with Crippen LogP contribution in [0.4, 0.5) is 0 Å². The van der Waals surface area contributed by atoms with E-state index in [1.54, 1.807) is 7.11 Å². The summed E-state index contributed by atoms with van der Waals surface area (Å²) in [7, 11) is 1.65. The van der Waals surface area contributed by atoms with Crippen molar-refractivity contribution in [1.29, 1.82) is 0 Å². The first kappa shape index (κ1) is 20.6. The van der Waals surface area contributed by atoms with Crippen LogP contribution in [0.25, 0.3) is 6.08 Å². The molecule has 4 aliphatic carbocycles. The molecule has 6 atom stereocenters. The van der Waals surface area contributed by atoms with Crippen LogP contribution in [0.5, 0.6) is 17.2 Å². The summed E-state index contributed by atoms with van der Waals surface area (Å²) in [4.78, 5) is 13.7. The number of hydrogen-bond acceptors (Lipinski definition) is 4. The van der Waals surface area contributed by atoms with E-state index in [-0.39, 0.29) is 12.2 Å². The summed E-state index contributed by atoms with van der Waals surface area (Å²) in [6.07, 6.45) is 13.7. The molecular weight excluding hydrogens is 400 g/mol. The van der Waals surface area contributed by atoms with Crippen LogP contribution in [0.2, 0.25) is 0 Å². The smallest absolute Gasteiger partial charge is 0.231 e. The molecule has 1 aliphatic heterocycles. The van der Waals surface area contributed by atoms with E-state index in [1.807, 2.05) is 12.1 Å². The lowest BCUT2D eigenvalue weighted by atomic mass is 9.45. The van der Waals surface area contributed by atoms with Gasteiger partial charge in [0.1, 0.15) is 0 Å². The summed E-state index contributed by atoms with van der Waals surface area (Å²) >= 11 is 0. The van der Waals surface area contributed by atoms with Gasteiger partial charge in [-0.25, -0.2) is 0 Å².